The van der Waals surface area contributed by atoms with E-state index in [9.17, 15) is 8.42 Å². The highest BCUT2D eigenvalue weighted by molar-refractivity contribution is 9.10. The standard InChI is InChI=1S/C7H9BrN4O2S/c1-4-5-11(2)15(13,14)7-6(8)9-10-12(7)3/h1H,5H2,2-3H3. The van der Waals surface area contributed by atoms with E-state index in [-0.39, 0.29) is 16.2 Å². The van der Waals surface area contributed by atoms with E-state index in [4.69, 9.17) is 6.42 Å². The summed E-state index contributed by atoms with van der Waals surface area (Å²) in [6.07, 6.45) is 5.05. The number of aromatic nitrogens is 3. The minimum atomic E-state index is -3.64. The molecule has 1 heterocycles. The number of nitrogens with zero attached hydrogens (tertiary/aromatic N) is 4. The molecule has 1 aromatic rings. The molecule has 0 aliphatic carbocycles. The second kappa shape index (κ2) is 4.30. The Bertz CT molecular complexity index is 482. The molecule has 1 rings (SSSR count). The lowest BCUT2D eigenvalue weighted by Crippen LogP contribution is -2.29. The Kier molecular flexibility index (Phi) is 3.49. The smallest absolute Gasteiger partial charge is 0.235 e. The van der Waals surface area contributed by atoms with Gasteiger partial charge in [0.2, 0.25) is 5.03 Å². The van der Waals surface area contributed by atoms with Gasteiger partial charge in [0, 0.05) is 14.1 Å². The molecule has 0 atom stereocenters. The molecule has 0 aliphatic rings. The van der Waals surface area contributed by atoms with E-state index in [1.54, 1.807) is 0 Å². The highest BCUT2D eigenvalue weighted by Crippen LogP contribution is 2.20. The van der Waals surface area contributed by atoms with Gasteiger partial charge in [0.25, 0.3) is 10.0 Å². The Morgan fingerprint density at radius 3 is 2.67 bits per heavy atom. The summed E-state index contributed by atoms with van der Waals surface area (Å²) < 4.78 is 26.2. The summed E-state index contributed by atoms with van der Waals surface area (Å²) in [5.41, 5.74) is 0. The second-order valence-corrected chi connectivity index (χ2v) is 5.49. The average molecular weight is 293 g/mol. The Hall–Kier alpha value is -0.910. The van der Waals surface area contributed by atoms with E-state index < -0.39 is 10.0 Å². The number of sulfonamides is 1. The van der Waals surface area contributed by atoms with Crippen molar-refractivity contribution in [2.75, 3.05) is 13.6 Å². The van der Waals surface area contributed by atoms with Gasteiger partial charge >= 0.3 is 0 Å². The molecule has 0 fully saturated rings. The van der Waals surface area contributed by atoms with Gasteiger partial charge in [-0.2, -0.15) is 4.31 Å². The fourth-order valence-corrected chi connectivity index (χ4v) is 3.06. The third-order valence-electron chi connectivity index (χ3n) is 1.71. The van der Waals surface area contributed by atoms with Gasteiger partial charge in [-0.05, 0) is 15.9 Å². The van der Waals surface area contributed by atoms with Crippen LogP contribution in [0.25, 0.3) is 0 Å². The quantitative estimate of drug-likeness (QED) is 0.726. The van der Waals surface area contributed by atoms with Gasteiger partial charge in [-0.15, -0.1) is 11.5 Å². The van der Waals surface area contributed by atoms with E-state index in [1.165, 1.54) is 18.8 Å². The van der Waals surface area contributed by atoms with Crippen molar-refractivity contribution in [2.24, 2.45) is 7.05 Å². The Labute approximate surface area is 96.4 Å². The van der Waals surface area contributed by atoms with E-state index in [0.29, 0.717) is 0 Å². The molecule has 0 bridgehead atoms. The van der Waals surface area contributed by atoms with Crippen molar-refractivity contribution in [1.82, 2.24) is 19.3 Å². The SMILES string of the molecule is C#CCN(C)S(=O)(=O)c1c(Br)nnn1C. The van der Waals surface area contributed by atoms with Crippen LogP contribution in [0.2, 0.25) is 0 Å². The fraction of sp³-hybridized carbons (Fsp3) is 0.429. The molecular formula is C7H9BrN4O2S. The molecule has 6 nitrogen and oxygen atoms in total. The molecule has 0 radical (unpaired) electrons. The minimum absolute atomic E-state index is 0.0000463. The van der Waals surface area contributed by atoms with Crippen LogP contribution >= 0.6 is 15.9 Å². The Morgan fingerprint density at radius 2 is 2.27 bits per heavy atom. The predicted octanol–water partition coefficient (Wildman–Crippen LogP) is -0.169. The molecule has 0 saturated carbocycles. The molecule has 0 amide bonds. The molecule has 8 heteroatoms. The summed E-state index contributed by atoms with van der Waals surface area (Å²) >= 11 is 3.02. The van der Waals surface area contributed by atoms with Gasteiger partial charge in [0.1, 0.15) is 0 Å². The van der Waals surface area contributed by atoms with Crippen molar-refractivity contribution in [3.63, 3.8) is 0 Å². The fourth-order valence-electron chi connectivity index (χ4n) is 0.958. The van der Waals surface area contributed by atoms with Gasteiger partial charge in [-0.1, -0.05) is 11.1 Å². The maximum atomic E-state index is 11.9. The van der Waals surface area contributed by atoms with Gasteiger partial charge < -0.3 is 0 Å². The van der Waals surface area contributed by atoms with Gasteiger partial charge in [0.15, 0.2) is 4.60 Å². The monoisotopic (exact) mass is 292 g/mol. The lowest BCUT2D eigenvalue weighted by molar-refractivity contribution is 0.489. The van der Waals surface area contributed by atoms with Crippen LogP contribution in [0.1, 0.15) is 0 Å². The topological polar surface area (TPSA) is 68.1 Å². The summed E-state index contributed by atoms with van der Waals surface area (Å²) in [7, 11) is -0.745. The van der Waals surface area contributed by atoms with Crippen LogP contribution in [0.4, 0.5) is 0 Å². The molecule has 0 aromatic carbocycles. The largest absolute Gasteiger partial charge is 0.263 e. The van der Waals surface area contributed by atoms with E-state index in [2.05, 4.69) is 32.2 Å². The van der Waals surface area contributed by atoms with E-state index >= 15 is 0 Å². The van der Waals surface area contributed by atoms with Crippen molar-refractivity contribution in [2.45, 2.75) is 5.03 Å². The predicted molar refractivity (Wildman–Crippen MR) is 57.4 cm³/mol. The lowest BCUT2D eigenvalue weighted by atomic mass is 10.7. The summed E-state index contributed by atoms with van der Waals surface area (Å²) in [6.45, 7) is -0.0000463. The summed E-state index contributed by atoms with van der Waals surface area (Å²) in [4.78, 5) is 0. The first-order valence-electron chi connectivity index (χ1n) is 3.86. The molecule has 0 N–H and O–H groups in total. The average Bonchev–Trinajstić information content (AvgIpc) is 2.46. The number of terminal acetylenes is 1. The molecule has 0 unspecified atom stereocenters. The molecule has 1 aromatic heterocycles. The zero-order chi connectivity index (χ0) is 11.6. The summed E-state index contributed by atoms with van der Waals surface area (Å²) in [6, 6.07) is 0. The highest BCUT2D eigenvalue weighted by Gasteiger charge is 2.27. The number of hydrogen-bond donors (Lipinski definition) is 0. The minimum Gasteiger partial charge on any atom is -0.235 e. The Morgan fingerprint density at radius 1 is 1.67 bits per heavy atom. The van der Waals surface area contributed by atoms with Crippen LogP contribution in [-0.4, -0.2) is 41.3 Å². The van der Waals surface area contributed by atoms with Gasteiger partial charge in [0.05, 0.1) is 6.54 Å². The van der Waals surface area contributed by atoms with Crippen LogP contribution in [0, 0.1) is 12.3 Å². The van der Waals surface area contributed by atoms with Crippen LogP contribution in [0.5, 0.6) is 0 Å². The first kappa shape index (κ1) is 12.2. The Balaban J connectivity index is 3.24. The number of rotatable bonds is 3. The zero-order valence-electron chi connectivity index (χ0n) is 8.18. The van der Waals surface area contributed by atoms with Crippen molar-refractivity contribution < 1.29 is 8.42 Å². The molecular weight excluding hydrogens is 284 g/mol. The summed E-state index contributed by atoms with van der Waals surface area (Å²) in [5, 5.41) is 7.17. The van der Waals surface area contributed by atoms with Crippen molar-refractivity contribution >= 4 is 26.0 Å². The first-order valence-corrected chi connectivity index (χ1v) is 6.09. The summed E-state index contributed by atoms with van der Waals surface area (Å²) in [5.74, 6) is 2.26. The van der Waals surface area contributed by atoms with Crippen LogP contribution in [0.3, 0.4) is 0 Å². The lowest BCUT2D eigenvalue weighted by Gasteiger charge is -2.13. The normalized spacial score (nSPS) is 11.7. The van der Waals surface area contributed by atoms with Gasteiger partial charge in [-0.3, -0.25) is 0 Å². The van der Waals surface area contributed by atoms with Crippen molar-refractivity contribution in [3.8, 4) is 12.3 Å². The number of halogens is 1. The molecule has 0 spiro atoms. The third-order valence-corrected chi connectivity index (χ3v) is 4.40. The molecule has 15 heavy (non-hydrogen) atoms. The number of aryl methyl sites for hydroxylation is 1. The number of hydrogen-bond acceptors (Lipinski definition) is 4. The van der Waals surface area contributed by atoms with Crippen LogP contribution in [-0.2, 0) is 17.1 Å². The third kappa shape index (κ3) is 2.19. The molecule has 0 aliphatic heterocycles. The van der Waals surface area contributed by atoms with Crippen LogP contribution < -0.4 is 0 Å². The molecule has 0 saturated heterocycles. The van der Waals surface area contributed by atoms with E-state index in [0.717, 1.165) is 4.31 Å². The van der Waals surface area contributed by atoms with Crippen LogP contribution in [0.15, 0.2) is 9.63 Å². The second-order valence-electron chi connectivity index (χ2n) is 2.77. The molecule has 82 valence electrons. The first-order chi connectivity index (χ1) is 6.91. The van der Waals surface area contributed by atoms with Crippen molar-refractivity contribution in [1.29, 1.82) is 0 Å². The maximum absolute atomic E-state index is 11.9. The highest BCUT2D eigenvalue weighted by atomic mass is 79.9. The van der Waals surface area contributed by atoms with E-state index in [1.807, 2.05) is 0 Å². The maximum Gasteiger partial charge on any atom is 0.263 e. The van der Waals surface area contributed by atoms with Crippen molar-refractivity contribution in [3.05, 3.63) is 4.60 Å². The van der Waals surface area contributed by atoms with Gasteiger partial charge in [-0.25, -0.2) is 13.1 Å². The zero-order valence-corrected chi connectivity index (χ0v) is 10.6.